The summed E-state index contributed by atoms with van der Waals surface area (Å²) in [6.07, 6.45) is 2.08. The molecule has 1 fully saturated rings. The summed E-state index contributed by atoms with van der Waals surface area (Å²) >= 11 is 2.25. The van der Waals surface area contributed by atoms with Crippen molar-refractivity contribution in [3.8, 4) is 0 Å². The monoisotopic (exact) mass is 264 g/mol. The van der Waals surface area contributed by atoms with Gasteiger partial charge >= 0.3 is 0 Å². The van der Waals surface area contributed by atoms with Gasteiger partial charge in [-0.25, -0.2) is 0 Å². The number of rotatable bonds is 1. The van der Waals surface area contributed by atoms with E-state index in [2.05, 4.69) is 40.8 Å². The second-order valence-corrected chi connectivity index (χ2v) is 3.80. The molecule has 0 saturated carbocycles. The quantitative estimate of drug-likeness (QED) is 0.716. The fourth-order valence-electron chi connectivity index (χ4n) is 1.02. The third-order valence-corrected chi connectivity index (χ3v) is 2.92. The fraction of sp³-hybridized carbons (Fsp3) is 0.571. The summed E-state index contributed by atoms with van der Waals surface area (Å²) in [5.41, 5.74) is 1.25. The van der Waals surface area contributed by atoms with Crippen molar-refractivity contribution in [2.24, 2.45) is 0 Å². The molecule has 1 saturated heterocycles. The number of halogens is 1. The predicted molar refractivity (Wildman–Crippen MR) is 49.5 cm³/mol. The summed E-state index contributed by atoms with van der Waals surface area (Å²) in [5.74, 6) is 0. The SMILES string of the molecule is Cc1cn(C2COC2)nc1I. The van der Waals surface area contributed by atoms with E-state index in [1.807, 2.05) is 4.68 Å². The lowest BCUT2D eigenvalue weighted by Gasteiger charge is -2.25. The second kappa shape index (κ2) is 2.75. The number of nitrogens with zero attached hydrogens (tertiary/aromatic N) is 2. The van der Waals surface area contributed by atoms with Gasteiger partial charge in [0, 0.05) is 11.8 Å². The minimum atomic E-state index is 0.484. The van der Waals surface area contributed by atoms with Crippen LogP contribution in [0.5, 0.6) is 0 Å². The Labute approximate surface area is 78.9 Å². The highest BCUT2D eigenvalue weighted by Crippen LogP contribution is 2.18. The molecule has 60 valence electrons. The topological polar surface area (TPSA) is 27.1 Å². The fourth-order valence-corrected chi connectivity index (χ4v) is 1.41. The molecule has 4 heteroatoms. The van der Waals surface area contributed by atoms with Crippen molar-refractivity contribution in [3.63, 3.8) is 0 Å². The maximum atomic E-state index is 5.08. The number of hydrogen-bond acceptors (Lipinski definition) is 2. The minimum Gasteiger partial charge on any atom is -0.377 e. The van der Waals surface area contributed by atoms with E-state index in [1.54, 1.807) is 0 Å². The molecule has 2 rings (SSSR count). The number of ether oxygens (including phenoxy) is 1. The summed E-state index contributed by atoms with van der Waals surface area (Å²) in [6.45, 7) is 3.71. The lowest BCUT2D eigenvalue weighted by Crippen LogP contribution is -2.30. The van der Waals surface area contributed by atoms with Gasteiger partial charge in [0.15, 0.2) is 0 Å². The van der Waals surface area contributed by atoms with Gasteiger partial charge in [-0.1, -0.05) is 0 Å². The molecule has 1 aliphatic heterocycles. The number of aryl methyl sites for hydroxylation is 1. The Kier molecular flexibility index (Phi) is 1.88. The van der Waals surface area contributed by atoms with Gasteiger partial charge in [-0.15, -0.1) is 0 Å². The van der Waals surface area contributed by atoms with Crippen LogP contribution in [0, 0.1) is 10.6 Å². The van der Waals surface area contributed by atoms with Crippen molar-refractivity contribution >= 4 is 22.6 Å². The molecule has 0 aromatic carbocycles. The molecule has 0 bridgehead atoms. The molecule has 0 N–H and O–H groups in total. The van der Waals surface area contributed by atoms with Crippen LogP contribution in [0.1, 0.15) is 11.6 Å². The molecule has 1 aliphatic rings. The molecular formula is C7H9IN2O. The van der Waals surface area contributed by atoms with E-state index in [1.165, 1.54) is 5.56 Å². The van der Waals surface area contributed by atoms with Gasteiger partial charge < -0.3 is 4.74 Å². The minimum absolute atomic E-state index is 0.484. The third kappa shape index (κ3) is 1.29. The van der Waals surface area contributed by atoms with Crippen LogP contribution >= 0.6 is 22.6 Å². The van der Waals surface area contributed by atoms with E-state index in [0.29, 0.717) is 6.04 Å². The standard InChI is InChI=1S/C7H9IN2O/c1-5-2-10(9-7(5)8)6-3-11-4-6/h2,6H,3-4H2,1H3. The molecule has 0 amide bonds. The normalized spacial score (nSPS) is 18.4. The zero-order valence-corrected chi connectivity index (χ0v) is 8.41. The summed E-state index contributed by atoms with van der Waals surface area (Å²) in [7, 11) is 0. The van der Waals surface area contributed by atoms with Crippen molar-refractivity contribution < 1.29 is 4.74 Å². The summed E-state index contributed by atoms with van der Waals surface area (Å²) in [6, 6.07) is 0.484. The van der Waals surface area contributed by atoms with Crippen molar-refractivity contribution in [2.45, 2.75) is 13.0 Å². The van der Waals surface area contributed by atoms with Crippen LogP contribution in [0.2, 0.25) is 0 Å². The maximum absolute atomic E-state index is 5.08. The summed E-state index contributed by atoms with van der Waals surface area (Å²) < 4.78 is 8.17. The molecule has 11 heavy (non-hydrogen) atoms. The van der Waals surface area contributed by atoms with E-state index in [0.717, 1.165) is 16.9 Å². The molecule has 0 spiro atoms. The van der Waals surface area contributed by atoms with Crippen molar-refractivity contribution in [3.05, 3.63) is 15.5 Å². The second-order valence-electron chi connectivity index (χ2n) is 2.77. The Morgan fingerprint density at radius 3 is 2.82 bits per heavy atom. The van der Waals surface area contributed by atoms with Crippen molar-refractivity contribution in [2.75, 3.05) is 13.2 Å². The van der Waals surface area contributed by atoms with Crippen LogP contribution in [0.3, 0.4) is 0 Å². The van der Waals surface area contributed by atoms with Crippen LogP contribution in [-0.2, 0) is 4.74 Å². The molecule has 2 heterocycles. The van der Waals surface area contributed by atoms with E-state index in [4.69, 9.17) is 4.74 Å². The maximum Gasteiger partial charge on any atom is 0.126 e. The largest absolute Gasteiger partial charge is 0.377 e. The van der Waals surface area contributed by atoms with Gasteiger partial charge in [0.25, 0.3) is 0 Å². The van der Waals surface area contributed by atoms with Gasteiger partial charge in [-0.2, -0.15) is 5.10 Å². The average Bonchev–Trinajstić information content (AvgIpc) is 2.08. The van der Waals surface area contributed by atoms with Gasteiger partial charge in [0.2, 0.25) is 0 Å². The van der Waals surface area contributed by atoms with Crippen LogP contribution in [0.4, 0.5) is 0 Å². The number of hydrogen-bond donors (Lipinski definition) is 0. The van der Waals surface area contributed by atoms with Crippen molar-refractivity contribution in [1.29, 1.82) is 0 Å². The van der Waals surface area contributed by atoms with E-state index in [9.17, 15) is 0 Å². The van der Waals surface area contributed by atoms with Crippen LogP contribution < -0.4 is 0 Å². The highest BCUT2D eigenvalue weighted by atomic mass is 127. The summed E-state index contributed by atoms with van der Waals surface area (Å²) in [5, 5.41) is 4.36. The zero-order chi connectivity index (χ0) is 7.84. The highest BCUT2D eigenvalue weighted by Gasteiger charge is 2.21. The van der Waals surface area contributed by atoms with Gasteiger partial charge in [-0.05, 0) is 29.5 Å². The molecule has 1 aromatic rings. The Hall–Kier alpha value is -0.100. The summed E-state index contributed by atoms with van der Waals surface area (Å²) in [4.78, 5) is 0. The zero-order valence-electron chi connectivity index (χ0n) is 6.25. The molecule has 0 atom stereocenters. The average molecular weight is 264 g/mol. The first kappa shape index (κ1) is 7.54. The molecule has 0 radical (unpaired) electrons. The molecule has 0 unspecified atom stereocenters. The molecule has 3 nitrogen and oxygen atoms in total. The smallest absolute Gasteiger partial charge is 0.126 e. The first-order valence-electron chi connectivity index (χ1n) is 3.56. The Morgan fingerprint density at radius 2 is 2.45 bits per heavy atom. The van der Waals surface area contributed by atoms with E-state index in [-0.39, 0.29) is 0 Å². The first-order valence-corrected chi connectivity index (χ1v) is 4.64. The predicted octanol–water partition coefficient (Wildman–Crippen LogP) is 1.37. The van der Waals surface area contributed by atoms with Gasteiger partial charge in [0.05, 0.1) is 19.3 Å². The first-order chi connectivity index (χ1) is 5.27. The van der Waals surface area contributed by atoms with E-state index < -0.39 is 0 Å². The molecule has 0 aliphatic carbocycles. The highest BCUT2D eigenvalue weighted by molar-refractivity contribution is 14.1. The number of aromatic nitrogens is 2. The van der Waals surface area contributed by atoms with Crippen LogP contribution in [-0.4, -0.2) is 23.0 Å². The lowest BCUT2D eigenvalue weighted by atomic mass is 10.3. The Bertz CT molecular complexity index is 248. The lowest BCUT2D eigenvalue weighted by molar-refractivity contribution is -0.0288. The van der Waals surface area contributed by atoms with E-state index >= 15 is 0 Å². The Morgan fingerprint density at radius 1 is 1.73 bits per heavy atom. The van der Waals surface area contributed by atoms with Crippen molar-refractivity contribution in [1.82, 2.24) is 9.78 Å². The molecular weight excluding hydrogens is 255 g/mol. The van der Waals surface area contributed by atoms with Crippen LogP contribution in [0.15, 0.2) is 6.20 Å². The molecule has 1 aromatic heterocycles. The van der Waals surface area contributed by atoms with Crippen LogP contribution in [0.25, 0.3) is 0 Å². The van der Waals surface area contributed by atoms with Gasteiger partial charge in [0.1, 0.15) is 3.70 Å². The third-order valence-electron chi connectivity index (χ3n) is 1.85. The Balaban J connectivity index is 2.24. The van der Waals surface area contributed by atoms with Gasteiger partial charge in [-0.3, -0.25) is 4.68 Å².